The van der Waals surface area contributed by atoms with Gasteiger partial charge in [-0.25, -0.2) is 8.42 Å². The molecule has 0 N–H and O–H groups in total. The van der Waals surface area contributed by atoms with Crippen LogP contribution >= 0.6 is 0 Å². The zero-order valence-corrected chi connectivity index (χ0v) is 10.2. The highest BCUT2D eigenvalue weighted by Gasteiger charge is 2.21. The quantitative estimate of drug-likeness (QED) is 0.692. The Morgan fingerprint density at radius 1 is 1.31 bits per heavy atom. The lowest BCUT2D eigenvalue weighted by molar-refractivity contribution is 0.278. The van der Waals surface area contributed by atoms with E-state index < -0.39 is 9.84 Å². The van der Waals surface area contributed by atoms with Gasteiger partial charge in [0.15, 0.2) is 0 Å². The van der Waals surface area contributed by atoms with Gasteiger partial charge in [0.1, 0.15) is 9.84 Å². The van der Waals surface area contributed by atoms with Crippen LogP contribution in [0.4, 0.5) is 0 Å². The normalized spacial score (nSPS) is 15.8. The monoisotopic (exact) mass is 206 g/mol. The van der Waals surface area contributed by atoms with Crippen molar-refractivity contribution in [2.45, 2.75) is 40.5 Å². The molecule has 0 aromatic heterocycles. The molecule has 0 rings (SSSR count). The third kappa shape index (κ3) is 7.05. The summed E-state index contributed by atoms with van der Waals surface area (Å²) in [6, 6.07) is 0. The molecule has 0 aromatic carbocycles. The molecule has 2 nitrogen and oxygen atoms in total. The lowest BCUT2D eigenvalue weighted by atomic mass is 9.82. The van der Waals surface area contributed by atoms with Gasteiger partial charge in [0, 0.05) is 6.26 Å². The van der Waals surface area contributed by atoms with Crippen molar-refractivity contribution in [1.29, 1.82) is 0 Å². The average molecular weight is 206 g/mol. The van der Waals surface area contributed by atoms with Gasteiger partial charge < -0.3 is 0 Å². The van der Waals surface area contributed by atoms with Crippen molar-refractivity contribution in [2.75, 3.05) is 12.0 Å². The molecule has 0 fully saturated rings. The highest BCUT2D eigenvalue weighted by molar-refractivity contribution is 7.90. The van der Waals surface area contributed by atoms with Crippen molar-refractivity contribution >= 4 is 9.84 Å². The highest BCUT2D eigenvalue weighted by Crippen LogP contribution is 2.29. The molecule has 80 valence electrons. The number of rotatable bonds is 5. The fourth-order valence-electron chi connectivity index (χ4n) is 1.66. The molecular weight excluding hydrogens is 184 g/mol. The maximum absolute atomic E-state index is 11.0. The first-order valence-electron chi connectivity index (χ1n) is 4.84. The maximum Gasteiger partial charge on any atom is 0.147 e. The zero-order valence-electron chi connectivity index (χ0n) is 9.42. The van der Waals surface area contributed by atoms with Crippen LogP contribution in [0.1, 0.15) is 40.5 Å². The molecule has 13 heavy (non-hydrogen) atoms. The first-order valence-corrected chi connectivity index (χ1v) is 6.90. The van der Waals surface area contributed by atoms with Crippen molar-refractivity contribution in [2.24, 2.45) is 11.3 Å². The Kier molecular flexibility index (Phi) is 4.43. The van der Waals surface area contributed by atoms with Crippen LogP contribution in [0.25, 0.3) is 0 Å². The molecule has 0 aliphatic carbocycles. The summed E-state index contributed by atoms with van der Waals surface area (Å²) in [7, 11) is -2.80. The van der Waals surface area contributed by atoms with Crippen LogP contribution in [0, 0.1) is 11.3 Å². The minimum Gasteiger partial charge on any atom is -0.229 e. The first kappa shape index (κ1) is 12.9. The fraction of sp³-hybridized carbons (Fsp3) is 1.00. The molecule has 0 spiro atoms. The molecule has 0 aliphatic rings. The lowest BCUT2D eigenvalue weighted by Crippen LogP contribution is -2.20. The van der Waals surface area contributed by atoms with Gasteiger partial charge in [-0.1, -0.05) is 34.1 Å². The topological polar surface area (TPSA) is 34.1 Å². The van der Waals surface area contributed by atoms with E-state index in [2.05, 4.69) is 20.8 Å². The second kappa shape index (κ2) is 4.45. The highest BCUT2D eigenvalue weighted by atomic mass is 32.2. The number of hydrogen-bond acceptors (Lipinski definition) is 2. The second-order valence-electron chi connectivity index (χ2n) is 4.92. The Balaban J connectivity index is 4.10. The van der Waals surface area contributed by atoms with Crippen LogP contribution in [-0.4, -0.2) is 20.4 Å². The van der Waals surface area contributed by atoms with E-state index in [1.807, 2.05) is 6.92 Å². The van der Waals surface area contributed by atoms with Gasteiger partial charge >= 0.3 is 0 Å². The van der Waals surface area contributed by atoms with E-state index in [0.29, 0.717) is 5.75 Å². The summed E-state index contributed by atoms with van der Waals surface area (Å²) in [6.45, 7) is 8.53. The van der Waals surface area contributed by atoms with Gasteiger partial charge in [-0.3, -0.25) is 0 Å². The van der Waals surface area contributed by atoms with E-state index in [1.54, 1.807) is 0 Å². The standard InChI is InChI=1S/C10H22O2S/c1-6-10(3,4)7-9(2)8-13(5,11)12/h9H,6-8H2,1-5H3. The average Bonchev–Trinajstić information content (AvgIpc) is 1.81. The van der Waals surface area contributed by atoms with Crippen LogP contribution in [0.15, 0.2) is 0 Å². The van der Waals surface area contributed by atoms with E-state index in [-0.39, 0.29) is 11.3 Å². The Bertz CT molecular complexity index is 240. The van der Waals surface area contributed by atoms with Crippen LogP contribution in [0.5, 0.6) is 0 Å². The molecule has 0 amide bonds. The Hall–Kier alpha value is -0.0500. The number of sulfone groups is 1. The first-order chi connectivity index (χ1) is 5.66. The van der Waals surface area contributed by atoms with Crippen LogP contribution in [-0.2, 0) is 9.84 Å². The molecule has 0 heterocycles. The summed E-state index contributed by atoms with van der Waals surface area (Å²) in [5.74, 6) is 0.584. The minimum atomic E-state index is -2.80. The third-order valence-electron chi connectivity index (χ3n) is 2.45. The van der Waals surface area contributed by atoms with Crippen LogP contribution in [0.2, 0.25) is 0 Å². The van der Waals surface area contributed by atoms with Crippen LogP contribution < -0.4 is 0 Å². The molecule has 0 saturated heterocycles. The van der Waals surface area contributed by atoms with E-state index in [1.165, 1.54) is 6.26 Å². The van der Waals surface area contributed by atoms with Gasteiger partial charge in [-0.15, -0.1) is 0 Å². The smallest absolute Gasteiger partial charge is 0.147 e. The summed E-state index contributed by atoms with van der Waals surface area (Å²) >= 11 is 0. The van der Waals surface area contributed by atoms with Gasteiger partial charge in [0.2, 0.25) is 0 Å². The fourth-order valence-corrected chi connectivity index (χ4v) is 2.81. The number of hydrogen-bond donors (Lipinski definition) is 0. The predicted octanol–water partition coefficient (Wildman–Crippen LogP) is 2.49. The second-order valence-corrected chi connectivity index (χ2v) is 7.10. The van der Waals surface area contributed by atoms with Crippen molar-refractivity contribution in [3.8, 4) is 0 Å². The molecule has 3 heteroatoms. The van der Waals surface area contributed by atoms with E-state index >= 15 is 0 Å². The summed E-state index contributed by atoms with van der Waals surface area (Å²) in [4.78, 5) is 0. The van der Waals surface area contributed by atoms with Crippen molar-refractivity contribution in [3.05, 3.63) is 0 Å². The molecule has 0 bridgehead atoms. The third-order valence-corrected chi connectivity index (χ3v) is 3.62. The Labute approximate surface area is 82.6 Å². The molecule has 1 atom stereocenters. The molecular formula is C10H22O2S. The van der Waals surface area contributed by atoms with E-state index in [4.69, 9.17) is 0 Å². The van der Waals surface area contributed by atoms with E-state index in [9.17, 15) is 8.42 Å². The largest absolute Gasteiger partial charge is 0.229 e. The molecule has 1 unspecified atom stereocenters. The van der Waals surface area contributed by atoms with Gasteiger partial charge in [-0.05, 0) is 17.8 Å². The zero-order chi connectivity index (χ0) is 10.7. The Morgan fingerprint density at radius 3 is 2.08 bits per heavy atom. The molecule has 0 aliphatic heterocycles. The van der Waals surface area contributed by atoms with Crippen molar-refractivity contribution in [1.82, 2.24) is 0 Å². The minimum absolute atomic E-state index is 0.268. The molecule has 0 aromatic rings. The van der Waals surface area contributed by atoms with E-state index in [0.717, 1.165) is 12.8 Å². The SMILES string of the molecule is CCC(C)(C)CC(C)CS(C)(=O)=O. The van der Waals surface area contributed by atoms with Gasteiger partial charge in [0.25, 0.3) is 0 Å². The molecule has 0 saturated carbocycles. The summed E-state index contributed by atoms with van der Waals surface area (Å²) in [6.07, 6.45) is 3.39. The summed E-state index contributed by atoms with van der Waals surface area (Å²) < 4.78 is 22.0. The van der Waals surface area contributed by atoms with Crippen LogP contribution in [0.3, 0.4) is 0 Å². The summed E-state index contributed by atoms with van der Waals surface area (Å²) in [5, 5.41) is 0. The van der Waals surface area contributed by atoms with Gasteiger partial charge in [0.05, 0.1) is 5.75 Å². The van der Waals surface area contributed by atoms with Crippen molar-refractivity contribution in [3.63, 3.8) is 0 Å². The summed E-state index contributed by atoms with van der Waals surface area (Å²) in [5.41, 5.74) is 0.268. The van der Waals surface area contributed by atoms with Crippen molar-refractivity contribution < 1.29 is 8.42 Å². The Morgan fingerprint density at radius 2 is 1.77 bits per heavy atom. The molecule has 0 radical (unpaired) electrons. The predicted molar refractivity (Wildman–Crippen MR) is 57.6 cm³/mol. The maximum atomic E-state index is 11.0. The van der Waals surface area contributed by atoms with Gasteiger partial charge in [-0.2, -0.15) is 0 Å². The lowest BCUT2D eigenvalue weighted by Gasteiger charge is -2.26.